The summed E-state index contributed by atoms with van der Waals surface area (Å²) in [5.74, 6) is 1.92. The molecule has 0 N–H and O–H groups in total. The van der Waals surface area contributed by atoms with E-state index in [1.807, 2.05) is 0 Å². The van der Waals surface area contributed by atoms with E-state index in [0.717, 1.165) is 64.2 Å². The summed E-state index contributed by atoms with van der Waals surface area (Å²) in [7, 11) is 0. The summed E-state index contributed by atoms with van der Waals surface area (Å²) in [6.07, 6.45) is 11.5. The van der Waals surface area contributed by atoms with Gasteiger partial charge < -0.3 is 0 Å². The minimum absolute atomic E-state index is 0.632. The molecule has 0 aliphatic carbocycles. The molecule has 0 amide bonds. The van der Waals surface area contributed by atoms with Crippen molar-refractivity contribution < 1.29 is 0 Å². The largest absolute Gasteiger partial charge is 0.0620 e. The molecule has 0 aliphatic rings. The molecular weight excluding hydrogens is 1020 g/mol. The first kappa shape index (κ1) is 77.6. The monoisotopic (exact) mass is 1150 g/mol. The maximum atomic E-state index is 2.37. The lowest BCUT2D eigenvalue weighted by molar-refractivity contribution is 0.837. The Hall–Kier alpha value is -5.46. The van der Waals surface area contributed by atoms with Crippen LogP contribution in [0.3, 0.4) is 0 Å². The van der Waals surface area contributed by atoms with E-state index in [-0.39, 0.29) is 0 Å². The normalized spacial score (nSPS) is 10.6. The van der Waals surface area contributed by atoms with Crippen LogP contribution in [-0.4, -0.2) is 0 Å². The van der Waals surface area contributed by atoms with E-state index >= 15 is 0 Å². The van der Waals surface area contributed by atoms with Crippen LogP contribution in [0.15, 0.2) is 91.0 Å². The van der Waals surface area contributed by atoms with Gasteiger partial charge in [0.05, 0.1) is 0 Å². The molecule has 0 saturated heterocycles. The molecule has 0 heteroatoms. The van der Waals surface area contributed by atoms with E-state index in [1.54, 1.807) is 5.56 Å². The Morgan fingerprint density at radius 3 is 0.835 bits per heavy atom. The quantitative estimate of drug-likeness (QED) is 0.108. The first-order valence-electron chi connectivity index (χ1n) is 33.6. The molecule has 0 atom stereocenters. The summed E-state index contributed by atoms with van der Waals surface area (Å²) in [6.45, 7) is 66.9. The summed E-state index contributed by atoms with van der Waals surface area (Å²) in [4.78, 5) is 0. The molecule has 0 aromatic heterocycles. The van der Waals surface area contributed by atoms with E-state index < -0.39 is 0 Å². The van der Waals surface area contributed by atoms with Gasteiger partial charge in [0, 0.05) is 0 Å². The highest BCUT2D eigenvalue weighted by Gasteiger charge is 2.15. The van der Waals surface area contributed by atoms with Crippen LogP contribution in [-0.2, 0) is 64.2 Å². The molecule has 0 heterocycles. The van der Waals surface area contributed by atoms with Gasteiger partial charge in [0.15, 0.2) is 0 Å². The topological polar surface area (TPSA) is 0 Å². The van der Waals surface area contributed by atoms with Crippen LogP contribution in [0, 0.1) is 96.9 Å². The van der Waals surface area contributed by atoms with Crippen LogP contribution in [0.5, 0.6) is 0 Å². The lowest BCUT2D eigenvalue weighted by atomic mass is 9.85. The zero-order valence-corrected chi connectivity index (χ0v) is 61.0. The maximum absolute atomic E-state index is 2.37. The molecule has 7 rings (SSSR count). The fraction of sp³-hybridized carbons (Fsp3) is 0.506. The van der Waals surface area contributed by atoms with Crippen molar-refractivity contribution in [1.29, 1.82) is 0 Å². The van der Waals surface area contributed by atoms with Crippen LogP contribution in [0.2, 0.25) is 0 Å². The second kappa shape index (κ2) is 39.4. The summed E-state index contributed by atoms with van der Waals surface area (Å²) in [5.41, 5.74) is 40.0. The van der Waals surface area contributed by atoms with Gasteiger partial charge in [-0.1, -0.05) is 213 Å². The average molecular weight is 1150 g/mol. The van der Waals surface area contributed by atoms with Crippen molar-refractivity contribution in [2.24, 2.45) is 0 Å². The van der Waals surface area contributed by atoms with Gasteiger partial charge >= 0.3 is 0 Å². The van der Waals surface area contributed by atoms with Crippen molar-refractivity contribution in [3.8, 4) is 0 Å². The molecule has 468 valence electrons. The van der Waals surface area contributed by atoms with Gasteiger partial charge in [0.2, 0.25) is 0 Å². The lowest BCUT2D eigenvalue weighted by Crippen LogP contribution is -2.04. The maximum Gasteiger partial charge on any atom is -0.0213 e. The molecule has 0 aliphatic heterocycles. The molecule has 0 saturated carbocycles. The molecule has 0 spiro atoms. The number of aryl methyl sites for hydroxylation is 14. The standard InChI is InChI=1S/2C14H22.2C13H20.C12H18.C11H16.C8H10/c1-8(2)14-12(6)10(4)9(3)11(5)13(14)7;1-6-12-8-14(10(3)4)9-13(7-2)11(12)5;1-6-12-7-10(4)8-13(9(2)3)11(12)5;1-5-11-8-12(6-2)10(4)13(7-3)9-11;1-5-11-7-9(3)8-12(6-2)10(11)4;1-4-10-7-6-8-11(5-2)9(10)3;1-7-5-3-4-6-8(7)2/h8H,1-7H3;8-10H,6-7H2,1-5H3;7-9H,6H2,1-5H3;8-9H,5-7H2,1-4H3;7-8H,5-6H2,1-4H3;6-8H,4-5H2,1-3H3;3-6H,1-2H3. The lowest BCUT2D eigenvalue weighted by Gasteiger charge is -2.21. The van der Waals surface area contributed by atoms with Crippen molar-refractivity contribution in [1.82, 2.24) is 0 Å². The van der Waals surface area contributed by atoms with Crippen LogP contribution in [0.25, 0.3) is 0 Å². The predicted octanol–water partition coefficient (Wildman–Crippen LogP) is 25.1. The third kappa shape index (κ3) is 23.6. The van der Waals surface area contributed by atoms with E-state index in [9.17, 15) is 0 Å². The van der Waals surface area contributed by atoms with Crippen LogP contribution in [0.4, 0.5) is 0 Å². The van der Waals surface area contributed by atoms with Crippen LogP contribution >= 0.6 is 0 Å². The number of benzene rings is 7. The zero-order valence-electron chi connectivity index (χ0n) is 61.0. The van der Waals surface area contributed by atoms with Crippen molar-refractivity contribution in [2.75, 3.05) is 0 Å². The van der Waals surface area contributed by atoms with Crippen molar-refractivity contribution in [2.45, 2.75) is 290 Å². The van der Waals surface area contributed by atoms with Gasteiger partial charge in [-0.05, 0) is 318 Å². The molecular formula is C85H128. The van der Waals surface area contributed by atoms with Crippen LogP contribution in [0.1, 0.15) is 279 Å². The highest BCUT2D eigenvalue weighted by atomic mass is 14.2. The number of hydrogen-bond donors (Lipinski definition) is 0. The second-order valence-corrected chi connectivity index (χ2v) is 25.2. The molecule has 7 aromatic carbocycles. The Morgan fingerprint density at radius 1 is 0.247 bits per heavy atom. The van der Waals surface area contributed by atoms with Crippen molar-refractivity contribution >= 4 is 0 Å². The molecule has 7 aromatic rings. The van der Waals surface area contributed by atoms with E-state index in [4.69, 9.17) is 0 Å². The van der Waals surface area contributed by atoms with Crippen molar-refractivity contribution in [3.63, 3.8) is 0 Å². The van der Waals surface area contributed by atoms with Crippen LogP contribution < -0.4 is 0 Å². The van der Waals surface area contributed by atoms with E-state index in [2.05, 4.69) is 299 Å². The fourth-order valence-corrected chi connectivity index (χ4v) is 12.0. The molecule has 0 bridgehead atoms. The SMILES string of the molecule is CCc1cc(C(C)C)cc(CC)c1C.CCc1cc(C)cc(C(C)C)c1C.CCc1cc(C)cc(CC)c1C.CCc1cc(CC)c(C)c(CC)c1.CCc1cccc(CC)c1C.Cc1c(C)c(C)c(C(C)C)c(C)c1C.Cc1ccccc1C. The summed E-state index contributed by atoms with van der Waals surface area (Å²) < 4.78 is 0. The van der Waals surface area contributed by atoms with Gasteiger partial charge in [0.25, 0.3) is 0 Å². The van der Waals surface area contributed by atoms with E-state index in [1.165, 1.54) is 145 Å². The van der Waals surface area contributed by atoms with Gasteiger partial charge in [0.1, 0.15) is 0 Å². The Balaban J connectivity index is 0.000000498. The Bertz CT molecular complexity index is 2950. The summed E-state index contributed by atoms with van der Waals surface area (Å²) in [6, 6.07) is 33.6. The first-order chi connectivity index (χ1) is 40.0. The minimum atomic E-state index is 0.632. The predicted molar refractivity (Wildman–Crippen MR) is 387 cm³/mol. The zero-order chi connectivity index (χ0) is 65.0. The second-order valence-electron chi connectivity index (χ2n) is 25.2. The molecule has 85 heavy (non-hydrogen) atoms. The minimum Gasteiger partial charge on any atom is -0.0620 e. The van der Waals surface area contributed by atoms with Gasteiger partial charge in [-0.3, -0.25) is 0 Å². The first-order valence-corrected chi connectivity index (χ1v) is 33.6. The van der Waals surface area contributed by atoms with E-state index in [0.29, 0.717) is 17.8 Å². The number of rotatable bonds is 13. The highest BCUT2D eigenvalue weighted by Crippen LogP contribution is 2.31. The third-order valence-corrected chi connectivity index (χ3v) is 18.5. The van der Waals surface area contributed by atoms with Gasteiger partial charge in [-0.2, -0.15) is 0 Å². The fourth-order valence-electron chi connectivity index (χ4n) is 12.0. The number of hydrogen-bond acceptors (Lipinski definition) is 0. The Labute approximate surface area is 528 Å². The third-order valence-electron chi connectivity index (χ3n) is 18.5. The summed E-state index contributed by atoms with van der Waals surface area (Å²) in [5, 5.41) is 0. The smallest absolute Gasteiger partial charge is 0.0213 e. The Kier molecular flexibility index (Phi) is 35.9. The average Bonchev–Trinajstić information content (AvgIpc) is 3.63. The Morgan fingerprint density at radius 2 is 0.541 bits per heavy atom. The highest BCUT2D eigenvalue weighted by molar-refractivity contribution is 5.51. The molecule has 0 unspecified atom stereocenters. The van der Waals surface area contributed by atoms with Crippen molar-refractivity contribution in [3.05, 3.63) is 241 Å². The van der Waals surface area contributed by atoms with Gasteiger partial charge in [-0.25, -0.2) is 0 Å². The molecule has 0 nitrogen and oxygen atoms in total. The molecule has 0 radical (unpaired) electrons. The van der Waals surface area contributed by atoms with Gasteiger partial charge in [-0.15, -0.1) is 0 Å². The summed E-state index contributed by atoms with van der Waals surface area (Å²) >= 11 is 0. The molecule has 0 fully saturated rings.